The molecule has 0 aliphatic rings. The molecular formula is C13H16N6S2. The van der Waals surface area contributed by atoms with Gasteiger partial charge in [-0.1, -0.05) is 11.8 Å². The number of anilines is 1. The number of hydrogen-bond donors (Lipinski definition) is 1. The average molecular weight is 320 g/mol. The third kappa shape index (κ3) is 2.60. The molecule has 0 amide bonds. The summed E-state index contributed by atoms with van der Waals surface area (Å²) in [7, 11) is 3.82. The van der Waals surface area contributed by atoms with Gasteiger partial charge < -0.3 is 9.88 Å². The van der Waals surface area contributed by atoms with Gasteiger partial charge >= 0.3 is 0 Å². The highest BCUT2D eigenvalue weighted by Gasteiger charge is 2.14. The van der Waals surface area contributed by atoms with Gasteiger partial charge in [0.25, 0.3) is 0 Å². The fraction of sp³-hybridized carbons (Fsp3) is 0.385. The monoisotopic (exact) mass is 320 g/mol. The highest BCUT2D eigenvalue weighted by molar-refractivity contribution is 7.98. The van der Waals surface area contributed by atoms with Gasteiger partial charge in [-0.15, -0.1) is 21.5 Å². The first-order valence-corrected chi connectivity index (χ1v) is 8.31. The Bertz CT molecular complexity index is 791. The number of nitrogens with zero attached hydrogens (tertiary/aromatic N) is 5. The van der Waals surface area contributed by atoms with Crippen LogP contribution in [0.1, 0.15) is 16.3 Å². The molecule has 3 rings (SSSR count). The van der Waals surface area contributed by atoms with Crippen molar-refractivity contribution in [3.63, 3.8) is 0 Å². The Hall–Kier alpha value is -1.67. The van der Waals surface area contributed by atoms with Crippen LogP contribution in [0.2, 0.25) is 0 Å². The molecule has 0 aliphatic carbocycles. The van der Waals surface area contributed by atoms with Gasteiger partial charge in [-0.3, -0.25) is 0 Å². The van der Waals surface area contributed by atoms with Gasteiger partial charge in [-0.05, 0) is 19.4 Å². The topological polar surface area (TPSA) is 68.5 Å². The van der Waals surface area contributed by atoms with Gasteiger partial charge in [0.2, 0.25) is 0 Å². The molecule has 0 saturated carbocycles. The van der Waals surface area contributed by atoms with Crippen molar-refractivity contribution in [1.82, 2.24) is 24.7 Å². The molecule has 3 aromatic rings. The predicted octanol–water partition coefficient (Wildman–Crippen LogP) is 2.77. The maximum Gasteiger partial charge on any atom is 0.191 e. The second-order valence-corrected chi connectivity index (χ2v) is 6.86. The lowest BCUT2D eigenvalue weighted by Crippen LogP contribution is -2.00. The highest BCUT2D eigenvalue weighted by Crippen LogP contribution is 2.33. The summed E-state index contributed by atoms with van der Waals surface area (Å²) in [6.07, 6.45) is 1.69. The van der Waals surface area contributed by atoms with Crippen molar-refractivity contribution in [3.8, 4) is 0 Å². The van der Waals surface area contributed by atoms with Gasteiger partial charge in [-0.2, -0.15) is 0 Å². The van der Waals surface area contributed by atoms with Gasteiger partial charge in [0.1, 0.15) is 22.8 Å². The number of nitrogens with one attached hydrogen (secondary N) is 1. The molecule has 0 atom stereocenters. The van der Waals surface area contributed by atoms with E-state index >= 15 is 0 Å². The van der Waals surface area contributed by atoms with E-state index in [2.05, 4.69) is 39.3 Å². The number of hydrogen-bond acceptors (Lipinski definition) is 7. The molecule has 3 heterocycles. The molecule has 0 fully saturated rings. The first-order chi connectivity index (χ1) is 10.1. The van der Waals surface area contributed by atoms with Gasteiger partial charge in [-0.25, -0.2) is 9.97 Å². The molecule has 0 unspecified atom stereocenters. The standard InChI is InChI=1S/C13H16N6S2/c1-7-8(2)21-12-10(7)11(14-3)16-9(17-12)5-20-13-18-15-6-19(13)4/h6H,5H2,1-4H3,(H,14,16,17). The van der Waals surface area contributed by atoms with Crippen LogP contribution in [0, 0.1) is 13.8 Å². The SMILES string of the molecule is CNc1nc(CSc2nncn2C)nc2sc(C)c(C)c12. The van der Waals surface area contributed by atoms with Crippen LogP contribution < -0.4 is 5.32 Å². The number of fused-ring (bicyclic) bond motifs is 1. The lowest BCUT2D eigenvalue weighted by molar-refractivity contribution is 0.787. The smallest absolute Gasteiger partial charge is 0.191 e. The largest absolute Gasteiger partial charge is 0.372 e. The number of thiophene rings is 1. The third-order valence-corrected chi connectivity index (χ3v) is 5.44. The molecule has 0 aromatic carbocycles. The van der Waals surface area contributed by atoms with Crippen LogP contribution in [0.15, 0.2) is 11.5 Å². The van der Waals surface area contributed by atoms with E-state index in [1.807, 2.05) is 18.7 Å². The third-order valence-electron chi connectivity index (χ3n) is 3.31. The van der Waals surface area contributed by atoms with Crippen molar-refractivity contribution in [2.24, 2.45) is 7.05 Å². The molecule has 3 aromatic heterocycles. The lowest BCUT2D eigenvalue weighted by Gasteiger charge is -2.06. The number of thioether (sulfide) groups is 1. The molecule has 6 nitrogen and oxygen atoms in total. The highest BCUT2D eigenvalue weighted by atomic mass is 32.2. The summed E-state index contributed by atoms with van der Waals surface area (Å²) in [4.78, 5) is 11.6. The Labute approximate surface area is 131 Å². The van der Waals surface area contributed by atoms with Crippen LogP contribution in [0.5, 0.6) is 0 Å². The minimum Gasteiger partial charge on any atom is -0.372 e. The van der Waals surface area contributed by atoms with E-state index in [0.29, 0.717) is 5.75 Å². The van der Waals surface area contributed by atoms with E-state index in [1.165, 1.54) is 10.4 Å². The van der Waals surface area contributed by atoms with Crippen LogP contribution >= 0.6 is 23.1 Å². The zero-order chi connectivity index (χ0) is 15.0. The summed E-state index contributed by atoms with van der Waals surface area (Å²) in [6, 6.07) is 0. The minimum absolute atomic E-state index is 0.674. The quantitative estimate of drug-likeness (QED) is 0.746. The Balaban J connectivity index is 1.94. The molecule has 0 aliphatic heterocycles. The van der Waals surface area contributed by atoms with Crippen LogP contribution in [0.25, 0.3) is 10.2 Å². The fourth-order valence-electron chi connectivity index (χ4n) is 2.07. The summed E-state index contributed by atoms with van der Waals surface area (Å²) < 4.78 is 1.89. The number of aromatic nitrogens is 5. The van der Waals surface area contributed by atoms with E-state index in [0.717, 1.165) is 27.0 Å². The summed E-state index contributed by atoms with van der Waals surface area (Å²) >= 11 is 3.30. The normalized spacial score (nSPS) is 11.2. The van der Waals surface area contributed by atoms with Crippen LogP contribution in [0.4, 0.5) is 5.82 Å². The first-order valence-electron chi connectivity index (χ1n) is 6.51. The Kier molecular flexibility index (Phi) is 3.81. The van der Waals surface area contributed by atoms with Crippen molar-refractivity contribution >= 4 is 39.1 Å². The van der Waals surface area contributed by atoms with Crippen LogP contribution in [-0.2, 0) is 12.8 Å². The van der Waals surface area contributed by atoms with Gasteiger partial charge in [0, 0.05) is 19.0 Å². The van der Waals surface area contributed by atoms with E-state index in [4.69, 9.17) is 0 Å². The molecule has 110 valence electrons. The summed E-state index contributed by atoms with van der Waals surface area (Å²) in [6.45, 7) is 4.24. The molecular weight excluding hydrogens is 304 g/mol. The van der Waals surface area contributed by atoms with Gasteiger partial charge in [0.05, 0.1) is 11.1 Å². The second kappa shape index (κ2) is 5.61. The maximum absolute atomic E-state index is 4.68. The van der Waals surface area contributed by atoms with Crippen LogP contribution in [0.3, 0.4) is 0 Å². The van der Waals surface area contributed by atoms with E-state index in [-0.39, 0.29) is 0 Å². The molecule has 0 bridgehead atoms. The lowest BCUT2D eigenvalue weighted by atomic mass is 10.2. The van der Waals surface area contributed by atoms with Crippen molar-refractivity contribution in [2.75, 3.05) is 12.4 Å². The number of rotatable bonds is 4. The van der Waals surface area contributed by atoms with E-state index in [1.54, 1.807) is 29.4 Å². The molecule has 0 spiro atoms. The molecule has 0 radical (unpaired) electrons. The molecule has 21 heavy (non-hydrogen) atoms. The van der Waals surface area contributed by atoms with Crippen molar-refractivity contribution in [3.05, 3.63) is 22.6 Å². The summed E-state index contributed by atoms with van der Waals surface area (Å²) in [5.41, 5.74) is 1.26. The van der Waals surface area contributed by atoms with Crippen molar-refractivity contribution in [2.45, 2.75) is 24.8 Å². The zero-order valence-electron chi connectivity index (χ0n) is 12.3. The Morgan fingerprint density at radius 3 is 2.81 bits per heavy atom. The van der Waals surface area contributed by atoms with Crippen molar-refractivity contribution < 1.29 is 0 Å². The van der Waals surface area contributed by atoms with Gasteiger partial charge in [0.15, 0.2) is 5.16 Å². The van der Waals surface area contributed by atoms with Crippen molar-refractivity contribution in [1.29, 1.82) is 0 Å². The fourth-order valence-corrected chi connectivity index (χ4v) is 3.86. The molecule has 0 saturated heterocycles. The maximum atomic E-state index is 4.68. The van der Waals surface area contributed by atoms with E-state index < -0.39 is 0 Å². The Morgan fingerprint density at radius 2 is 2.14 bits per heavy atom. The summed E-state index contributed by atoms with van der Waals surface area (Å²) in [5, 5.41) is 13.1. The zero-order valence-corrected chi connectivity index (χ0v) is 14.0. The van der Waals surface area contributed by atoms with Crippen LogP contribution in [-0.4, -0.2) is 31.8 Å². The molecule has 1 N–H and O–H groups in total. The van der Waals surface area contributed by atoms with E-state index in [9.17, 15) is 0 Å². The summed E-state index contributed by atoms with van der Waals surface area (Å²) in [5.74, 6) is 2.38. The Morgan fingerprint density at radius 1 is 1.33 bits per heavy atom. The predicted molar refractivity (Wildman–Crippen MR) is 87.0 cm³/mol. The first kappa shape index (κ1) is 14.3. The molecule has 8 heteroatoms. The minimum atomic E-state index is 0.674. The second-order valence-electron chi connectivity index (χ2n) is 4.71. The average Bonchev–Trinajstić information content (AvgIpc) is 3.00. The number of aryl methyl sites for hydroxylation is 3.